The number of hydrogen-bond acceptors (Lipinski definition) is 2. The van der Waals surface area contributed by atoms with Gasteiger partial charge in [0.2, 0.25) is 0 Å². The molecule has 1 unspecified atom stereocenters. The Morgan fingerprint density at radius 1 is 0.947 bits per heavy atom. The molecule has 1 aromatic heterocycles. The van der Waals surface area contributed by atoms with Gasteiger partial charge in [-0.25, -0.2) is 17.6 Å². The Bertz CT molecular complexity index is 601. The van der Waals surface area contributed by atoms with Crippen molar-refractivity contribution in [3.05, 3.63) is 59.4 Å². The molecule has 0 saturated carbocycles. The predicted molar refractivity (Wildman–Crippen MR) is 62.5 cm³/mol. The lowest BCUT2D eigenvalue weighted by Crippen LogP contribution is -2.09. The molecule has 0 aliphatic carbocycles. The molecule has 1 N–H and O–H groups in total. The molecule has 2 rings (SSSR count). The Morgan fingerprint density at radius 3 is 2.32 bits per heavy atom. The summed E-state index contributed by atoms with van der Waals surface area (Å²) >= 11 is 0. The van der Waals surface area contributed by atoms with Crippen LogP contribution in [-0.4, -0.2) is 4.98 Å². The number of hydrogen-bond donors (Lipinski definition) is 1. The first-order valence-corrected chi connectivity index (χ1v) is 5.49. The third-order valence-corrected chi connectivity index (χ3v) is 2.61. The first kappa shape index (κ1) is 13.3. The number of pyridine rings is 1. The molecule has 19 heavy (non-hydrogen) atoms. The summed E-state index contributed by atoms with van der Waals surface area (Å²) in [4.78, 5) is 3.66. The quantitative estimate of drug-likeness (QED) is 0.677. The number of nitrogens with one attached hydrogen (secondary N) is 1. The van der Waals surface area contributed by atoms with Crippen LogP contribution >= 0.6 is 0 Å². The summed E-state index contributed by atoms with van der Waals surface area (Å²) in [5, 5.41) is 2.63. The minimum absolute atomic E-state index is 0.198. The van der Waals surface area contributed by atoms with Crippen molar-refractivity contribution in [2.45, 2.75) is 13.0 Å². The second kappa shape index (κ2) is 5.26. The van der Waals surface area contributed by atoms with E-state index >= 15 is 0 Å². The van der Waals surface area contributed by atoms with Crippen LogP contribution in [0.5, 0.6) is 0 Å². The van der Waals surface area contributed by atoms with E-state index in [4.69, 9.17) is 0 Å². The molecule has 1 aromatic carbocycles. The molecule has 100 valence electrons. The fourth-order valence-corrected chi connectivity index (χ4v) is 1.61. The van der Waals surface area contributed by atoms with Gasteiger partial charge in [-0.3, -0.25) is 4.98 Å². The van der Waals surface area contributed by atoms with Gasteiger partial charge < -0.3 is 5.32 Å². The summed E-state index contributed by atoms with van der Waals surface area (Å²) in [7, 11) is 0. The first-order valence-electron chi connectivity index (χ1n) is 5.49. The molecule has 1 atom stereocenters. The largest absolute Gasteiger partial charge is 0.376 e. The number of benzene rings is 1. The number of halogens is 4. The Hall–Kier alpha value is -2.11. The van der Waals surface area contributed by atoms with Crippen molar-refractivity contribution in [1.82, 2.24) is 4.98 Å². The van der Waals surface area contributed by atoms with E-state index in [1.54, 1.807) is 6.92 Å². The maximum absolute atomic E-state index is 13.4. The van der Waals surface area contributed by atoms with E-state index in [0.717, 1.165) is 6.20 Å². The number of anilines is 1. The molecule has 0 aliphatic rings. The molecule has 2 nitrogen and oxygen atoms in total. The first-order chi connectivity index (χ1) is 8.97. The van der Waals surface area contributed by atoms with Crippen molar-refractivity contribution < 1.29 is 17.6 Å². The van der Waals surface area contributed by atoms with E-state index in [0.29, 0.717) is 17.7 Å². The molecular weight excluding hydrogens is 260 g/mol. The van der Waals surface area contributed by atoms with Gasteiger partial charge in [0, 0.05) is 18.3 Å². The average Bonchev–Trinajstić information content (AvgIpc) is 2.36. The van der Waals surface area contributed by atoms with Crippen LogP contribution in [0.2, 0.25) is 0 Å². The van der Waals surface area contributed by atoms with E-state index in [-0.39, 0.29) is 5.69 Å². The highest BCUT2D eigenvalue weighted by Gasteiger charge is 2.13. The van der Waals surface area contributed by atoms with E-state index in [2.05, 4.69) is 10.3 Å². The lowest BCUT2D eigenvalue weighted by Gasteiger charge is -2.16. The van der Waals surface area contributed by atoms with Crippen molar-refractivity contribution >= 4 is 5.69 Å². The minimum Gasteiger partial charge on any atom is -0.376 e. The Labute approximate surface area is 107 Å². The normalized spacial score (nSPS) is 12.3. The zero-order valence-corrected chi connectivity index (χ0v) is 9.92. The van der Waals surface area contributed by atoms with E-state index in [1.807, 2.05) is 0 Å². The summed E-state index contributed by atoms with van der Waals surface area (Å²) in [6.45, 7) is 1.62. The lowest BCUT2D eigenvalue weighted by molar-refractivity contribution is 0.495. The molecule has 2 aromatic rings. The molecule has 0 fully saturated rings. The average molecular weight is 270 g/mol. The van der Waals surface area contributed by atoms with Gasteiger partial charge in [0.15, 0.2) is 11.6 Å². The zero-order chi connectivity index (χ0) is 14.0. The Morgan fingerprint density at radius 2 is 1.63 bits per heavy atom. The smallest absolute Gasteiger partial charge is 0.161 e. The van der Waals surface area contributed by atoms with Crippen LogP contribution in [0.15, 0.2) is 30.6 Å². The van der Waals surface area contributed by atoms with Crippen molar-refractivity contribution in [2.24, 2.45) is 0 Å². The van der Waals surface area contributed by atoms with Gasteiger partial charge in [-0.2, -0.15) is 0 Å². The predicted octanol–water partition coefficient (Wildman–Crippen LogP) is 3.81. The maximum atomic E-state index is 13.4. The maximum Gasteiger partial charge on any atom is 0.161 e. The van der Waals surface area contributed by atoms with Crippen molar-refractivity contribution in [2.75, 3.05) is 5.32 Å². The Kier molecular flexibility index (Phi) is 3.69. The van der Waals surface area contributed by atoms with Gasteiger partial charge >= 0.3 is 0 Å². The molecule has 0 amide bonds. The standard InChI is InChI=1S/C13H10F4N2/c1-7(8-2-9(14)6-18-5-8)19-13-4-11(16)10(15)3-12(13)17/h2-7,19H,1H3. The van der Waals surface area contributed by atoms with Crippen LogP contribution in [0.3, 0.4) is 0 Å². The molecule has 0 spiro atoms. The topological polar surface area (TPSA) is 24.9 Å². The highest BCUT2D eigenvalue weighted by Crippen LogP contribution is 2.23. The fraction of sp³-hybridized carbons (Fsp3) is 0.154. The molecular formula is C13H10F4N2. The third-order valence-electron chi connectivity index (χ3n) is 2.61. The molecule has 0 bridgehead atoms. The summed E-state index contributed by atoms with van der Waals surface area (Å²) in [6, 6.07) is 1.88. The highest BCUT2D eigenvalue weighted by molar-refractivity contribution is 5.47. The Balaban J connectivity index is 2.24. The van der Waals surface area contributed by atoms with Crippen LogP contribution in [0.1, 0.15) is 18.5 Å². The van der Waals surface area contributed by atoms with Gasteiger partial charge in [0.1, 0.15) is 11.6 Å². The summed E-state index contributed by atoms with van der Waals surface area (Å²) in [6.07, 6.45) is 2.44. The van der Waals surface area contributed by atoms with E-state index in [1.165, 1.54) is 12.3 Å². The summed E-state index contributed by atoms with van der Waals surface area (Å²) in [5.74, 6) is -3.87. The number of nitrogens with zero attached hydrogens (tertiary/aromatic N) is 1. The van der Waals surface area contributed by atoms with Crippen molar-refractivity contribution in [3.63, 3.8) is 0 Å². The van der Waals surface area contributed by atoms with Crippen molar-refractivity contribution in [3.8, 4) is 0 Å². The second-order valence-corrected chi connectivity index (χ2v) is 4.05. The second-order valence-electron chi connectivity index (χ2n) is 4.05. The lowest BCUT2D eigenvalue weighted by atomic mass is 10.1. The summed E-state index contributed by atoms with van der Waals surface area (Å²) < 4.78 is 52.2. The van der Waals surface area contributed by atoms with Crippen LogP contribution in [0.4, 0.5) is 23.2 Å². The van der Waals surface area contributed by atoms with Gasteiger partial charge in [-0.15, -0.1) is 0 Å². The molecule has 0 saturated heterocycles. The zero-order valence-electron chi connectivity index (χ0n) is 9.92. The minimum atomic E-state index is -1.26. The van der Waals surface area contributed by atoms with Gasteiger partial charge in [0.05, 0.1) is 17.9 Å². The number of rotatable bonds is 3. The highest BCUT2D eigenvalue weighted by atomic mass is 19.2. The molecule has 0 aliphatic heterocycles. The molecule has 1 heterocycles. The molecule has 6 heteroatoms. The van der Waals surface area contributed by atoms with E-state index < -0.39 is 29.3 Å². The van der Waals surface area contributed by atoms with Gasteiger partial charge in [-0.05, 0) is 18.6 Å². The van der Waals surface area contributed by atoms with Crippen LogP contribution < -0.4 is 5.32 Å². The van der Waals surface area contributed by atoms with Gasteiger partial charge in [0.25, 0.3) is 0 Å². The monoisotopic (exact) mass is 270 g/mol. The summed E-state index contributed by atoms with van der Waals surface area (Å²) in [5.41, 5.74) is 0.264. The molecule has 0 radical (unpaired) electrons. The van der Waals surface area contributed by atoms with Gasteiger partial charge in [-0.1, -0.05) is 0 Å². The third kappa shape index (κ3) is 3.01. The fourth-order valence-electron chi connectivity index (χ4n) is 1.61. The van der Waals surface area contributed by atoms with E-state index in [9.17, 15) is 17.6 Å². The SMILES string of the molecule is CC(Nc1cc(F)c(F)cc1F)c1cncc(F)c1. The van der Waals surface area contributed by atoms with Crippen LogP contribution in [0, 0.1) is 23.3 Å². The number of aromatic nitrogens is 1. The van der Waals surface area contributed by atoms with Crippen LogP contribution in [-0.2, 0) is 0 Å². The van der Waals surface area contributed by atoms with Crippen LogP contribution in [0.25, 0.3) is 0 Å². The van der Waals surface area contributed by atoms with Crippen molar-refractivity contribution in [1.29, 1.82) is 0 Å².